The lowest BCUT2D eigenvalue weighted by atomic mass is 10.00. The van der Waals surface area contributed by atoms with Crippen LogP contribution in [0.15, 0.2) is 24.3 Å². The second-order valence-electron chi connectivity index (χ2n) is 5.01. The topological polar surface area (TPSA) is 105 Å². The molecule has 1 aliphatic rings. The average Bonchev–Trinajstić information content (AvgIpc) is 2.48. The van der Waals surface area contributed by atoms with Gasteiger partial charge in [0, 0.05) is 6.54 Å². The largest absolute Gasteiger partial charge is 0.388 e. The van der Waals surface area contributed by atoms with Gasteiger partial charge in [-0.1, -0.05) is 24.3 Å². The van der Waals surface area contributed by atoms with Gasteiger partial charge in [-0.3, -0.25) is 0 Å². The highest BCUT2D eigenvalue weighted by atomic mass is 16.7. The molecular weight excluding hydrogens is 262 g/mol. The quantitative estimate of drug-likeness (QED) is 0.593. The predicted molar refractivity (Wildman–Crippen MR) is 71.5 cm³/mol. The van der Waals surface area contributed by atoms with E-state index < -0.39 is 30.7 Å². The SMILES string of the molecule is C[C@@H]1O[C@@H](OCc2ccc(CN)cc2)[C@H](O)[C@H](O)[C@H]1O. The van der Waals surface area contributed by atoms with Crippen molar-refractivity contribution in [1.29, 1.82) is 0 Å². The molecule has 1 fully saturated rings. The van der Waals surface area contributed by atoms with Crippen LogP contribution in [0, 0.1) is 0 Å². The maximum atomic E-state index is 9.81. The number of rotatable bonds is 4. The molecule has 0 amide bonds. The fourth-order valence-corrected chi connectivity index (χ4v) is 2.10. The van der Waals surface area contributed by atoms with Crippen LogP contribution >= 0.6 is 0 Å². The highest BCUT2D eigenvalue weighted by Gasteiger charge is 2.42. The zero-order valence-corrected chi connectivity index (χ0v) is 11.3. The number of aliphatic hydroxyl groups is 3. The number of hydrogen-bond donors (Lipinski definition) is 4. The van der Waals surface area contributed by atoms with Crippen LogP contribution in [0.25, 0.3) is 0 Å². The van der Waals surface area contributed by atoms with Gasteiger partial charge in [0.1, 0.15) is 18.3 Å². The third-order valence-corrected chi connectivity index (χ3v) is 3.48. The van der Waals surface area contributed by atoms with Gasteiger partial charge in [-0.05, 0) is 18.1 Å². The number of nitrogens with two attached hydrogens (primary N) is 1. The van der Waals surface area contributed by atoms with E-state index in [1.807, 2.05) is 24.3 Å². The molecule has 1 aromatic carbocycles. The molecule has 0 spiro atoms. The summed E-state index contributed by atoms with van der Waals surface area (Å²) in [5.74, 6) is 0. The summed E-state index contributed by atoms with van der Waals surface area (Å²) in [6.07, 6.45) is -5.22. The molecule has 0 unspecified atom stereocenters. The highest BCUT2D eigenvalue weighted by Crippen LogP contribution is 2.22. The number of hydrogen-bond acceptors (Lipinski definition) is 6. The van der Waals surface area contributed by atoms with Crippen molar-refractivity contribution in [3.8, 4) is 0 Å². The molecule has 1 saturated heterocycles. The van der Waals surface area contributed by atoms with Crippen LogP contribution in [-0.4, -0.2) is 46.0 Å². The molecule has 1 aliphatic heterocycles. The first-order chi connectivity index (χ1) is 9.52. The first-order valence-corrected chi connectivity index (χ1v) is 6.62. The van der Waals surface area contributed by atoms with E-state index in [1.54, 1.807) is 6.92 Å². The van der Waals surface area contributed by atoms with E-state index in [2.05, 4.69) is 0 Å². The Hall–Kier alpha value is -1.02. The van der Waals surface area contributed by atoms with Crippen molar-refractivity contribution < 1.29 is 24.8 Å². The van der Waals surface area contributed by atoms with Crippen molar-refractivity contribution in [3.05, 3.63) is 35.4 Å². The normalized spacial score (nSPS) is 34.1. The lowest BCUT2D eigenvalue weighted by Crippen LogP contribution is -2.57. The Morgan fingerprint density at radius 3 is 2.25 bits per heavy atom. The second-order valence-corrected chi connectivity index (χ2v) is 5.01. The summed E-state index contributed by atoms with van der Waals surface area (Å²) in [5, 5.41) is 29.1. The zero-order chi connectivity index (χ0) is 14.7. The highest BCUT2D eigenvalue weighted by molar-refractivity contribution is 5.21. The molecule has 1 heterocycles. The van der Waals surface area contributed by atoms with E-state index in [1.165, 1.54) is 0 Å². The average molecular weight is 283 g/mol. The standard InChI is InChI=1S/C14H21NO5/c1-8-11(16)12(17)13(18)14(20-8)19-7-10-4-2-9(6-15)3-5-10/h2-5,8,11-14,16-18H,6-7,15H2,1H3/t8-,11-,12+,13+,14+/m0/s1. The summed E-state index contributed by atoms with van der Waals surface area (Å²) >= 11 is 0. The Labute approximate surface area is 117 Å². The number of aliphatic hydroxyl groups excluding tert-OH is 3. The minimum atomic E-state index is -1.27. The van der Waals surface area contributed by atoms with Gasteiger partial charge in [0.25, 0.3) is 0 Å². The van der Waals surface area contributed by atoms with Gasteiger partial charge in [-0.25, -0.2) is 0 Å². The molecule has 0 aromatic heterocycles. The molecule has 6 nitrogen and oxygen atoms in total. The van der Waals surface area contributed by atoms with Gasteiger partial charge in [0.2, 0.25) is 0 Å². The van der Waals surface area contributed by atoms with Crippen LogP contribution in [0.2, 0.25) is 0 Å². The van der Waals surface area contributed by atoms with Crippen LogP contribution < -0.4 is 5.73 Å². The van der Waals surface area contributed by atoms with Crippen molar-refractivity contribution in [2.45, 2.75) is 50.8 Å². The van der Waals surface area contributed by atoms with Crippen LogP contribution in [-0.2, 0) is 22.6 Å². The van der Waals surface area contributed by atoms with E-state index in [4.69, 9.17) is 15.2 Å². The maximum Gasteiger partial charge on any atom is 0.186 e. The van der Waals surface area contributed by atoms with Gasteiger partial charge < -0.3 is 30.5 Å². The van der Waals surface area contributed by atoms with Crippen molar-refractivity contribution in [2.24, 2.45) is 5.73 Å². The van der Waals surface area contributed by atoms with Gasteiger partial charge >= 0.3 is 0 Å². The summed E-state index contributed by atoms with van der Waals surface area (Å²) < 4.78 is 10.8. The summed E-state index contributed by atoms with van der Waals surface area (Å²) in [6.45, 7) is 2.33. The van der Waals surface area contributed by atoms with Gasteiger partial charge in [0.15, 0.2) is 6.29 Å². The summed E-state index contributed by atoms with van der Waals surface area (Å²) in [4.78, 5) is 0. The third-order valence-electron chi connectivity index (χ3n) is 3.48. The fraction of sp³-hybridized carbons (Fsp3) is 0.571. The fourth-order valence-electron chi connectivity index (χ4n) is 2.10. The summed E-state index contributed by atoms with van der Waals surface area (Å²) in [5.41, 5.74) is 7.45. The Morgan fingerprint density at radius 2 is 1.65 bits per heavy atom. The van der Waals surface area contributed by atoms with E-state index in [9.17, 15) is 15.3 Å². The van der Waals surface area contributed by atoms with Crippen LogP contribution in [0.5, 0.6) is 0 Å². The van der Waals surface area contributed by atoms with E-state index in [0.717, 1.165) is 11.1 Å². The Balaban J connectivity index is 1.92. The zero-order valence-electron chi connectivity index (χ0n) is 11.3. The molecule has 0 saturated carbocycles. The molecule has 1 aromatic rings. The van der Waals surface area contributed by atoms with E-state index in [0.29, 0.717) is 6.54 Å². The van der Waals surface area contributed by atoms with E-state index in [-0.39, 0.29) is 6.61 Å². The molecule has 0 radical (unpaired) electrons. The Morgan fingerprint density at radius 1 is 1.05 bits per heavy atom. The Kier molecular flexibility index (Phi) is 5.09. The van der Waals surface area contributed by atoms with E-state index >= 15 is 0 Å². The minimum Gasteiger partial charge on any atom is -0.388 e. The smallest absolute Gasteiger partial charge is 0.186 e. The molecular formula is C14H21NO5. The molecule has 5 N–H and O–H groups in total. The third kappa shape index (κ3) is 3.35. The van der Waals surface area contributed by atoms with Crippen molar-refractivity contribution in [3.63, 3.8) is 0 Å². The van der Waals surface area contributed by atoms with Gasteiger partial charge in [0.05, 0.1) is 12.7 Å². The molecule has 112 valence electrons. The minimum absolute atomic E-state index is 0.238. The van der Waals surface area contributed by atoms with Crippen LogP contribution in [0.4, 0.5) is 0 Å². The number of benzene rings is 1. The monoisotopic (exact) mass is 283 g/mol. The van der Waals surface area contributed by atoms with Gasteiger partial charge in [-0.15, -0.1) is 0 Å². The van der Waals surface area contributed by atoms with Crippen molar-refractivity contribution in [1.82, 2.24) is 0 Å². The van der Waals surface area contributed by atoms with Gasteiger partial charge in [-0.2, -0.15) is 0 Å². The summed E-state index contributed by atoms with van der Waals surface area (Å²) in [7, 11) is 0. The van der Waals surface area contributed by atoms with Crippen molar-refractivity contribution >= 4 is 0 Å². The molecule has 0 aliphatic carbocycles. The molecule has 0 bridgehead atoms. The molecule has 5 atom stereocenters. The van der Waals surface area contributed by atoms with Crippen LogP contribution in [0.1, 0.15) is 18.1 Å². The Bertz CT molecular complexity index is 424. The lowest BCUT2D eigenvalue weighted by molar-refractivity contribution is -0.296. The number of ether oxygens (including phenoxy) is 2. The molecule has 20 heavy (non-hydrogen) atoms. The second kappa shape index (κ2) is 6.62. The molecule has 6 heteroatoms. The van der Waals surface area contributed by atoms with Crippen molar-refractivity contribution in [2.75, 3.05) is 0 Å². The summed E-state index contributed by atoms with van der Waals surface area (Å²) in [6, 6.07) is 7.56. The first kappa shape index (κ1) is 15.4. The van der Waals surface area contributed by atoms with Crippen LogP contribution in [0.3, 0.4) is 0 Å². The predicted octanol–water partition coefficient (Wildman–Crippen LogP) is -0.511. The molecule has 2 rings (SSSR count). The lowest BCUT2D eigenvalue weighted by Gasteiger charge is -2.38. The first-order valence-electron chi connectivity index (χ1n) is 6.62. The maximum absolute atomic E-state index is 9.81.